The van der Waals surface area contributed by atoms with Crippen LogP contribution in [0.4, 0.5) is 0 Å². The fraction of sp³-hybridized carbons (Fsp3) is 0.583. The van der Waals surface area contributed by atoms with Crippen molar-refractivity contribution < 1.29 is 18.3 Å². The molecule has 2 rings (SSSR count). The molecule has 1 aliphatic rings. The van der Waals surface area contributed by atoms with Gasteiger partial charge in [0.25, 0.3) is 0 Å². The number of nitrogens with zero attached hydrogens (tertiary/aromatic N) is 1. The Morgan fingerprint density at radius 3 is 2.58 bits per heavy atom. The van der Waals surface area contributed by atoms with Crippen molar-refractivity contribution >= 4 is 27.3 Å². The molecule has 0 radical (unpaired) electrons. The van der Waals surface area contributed by atoms with Gasteiger partial charge in [-0.3, -0.25) is 0 Å². The molecule has 0 spiro atoms. The Morgan fingerprint density at radius 2 is 2.16 bits per heavy atom. The third-order valence-corrected chi connectivity index (χ3v) is 6.45. The van der Waals surface area contributed by atoms with Crippen molar-refractivity contribution in [1.82, 2.24) is 4.31 Å². The number of rotatable bonds is 6. The Kier molecular flexibility index (Phi) is 3.98. The third-order valence-electron chi connectivity index (χ3n) is 3.21. The van der Waals surface area contributed by atoms with Gasteiger partial charge in [0.2, 0.25) is 10.0 Å². The van der Waals surface area contributed by atoms with E-state index in [1.54, 1.807) is 13.8 Å². The Bertz CT molecular complexity index is 587. The van der Waals surface area contributed by atoms with Crippen molar-refractivity contribution in [3.63, 3.8) is 0 Å². The van der Waals surface area contributed by atoms with Gasteiger partial charge in [-0.05, 0) is 31.7 Å². The van der Waals surface area contributed by atoms with Crippen LogP contribution in [-0.2, 0) is 10.0 Å². The Hall–Kier alpha value is -0.920. The number of thiophene rings is 1. The first-order valence-corrected chi connectivity index (χ1v) is 8.45. The number of hydrogen-bond acceptors (Lipinski definition) is 4. The molecule has 0 aromatic carbocycles. The van der Waals surface area contributed by atoms with Gasteiger partial charge in [0.1, 0.15) is 4.88 Å². The summed E-state index contributed by atoms with van der Waals surface area (Å²) in [7, 11) is -3.57. The molecule has 7 heteroatoms. The van der Waals surface area contributed by atoms with Crippen LogP contribution in [0.15, 0.2) is 11.0 Å². The second-order valence-corrected chi connectivity index (χ2v) is 7.90. The molecule has 5 nitrogen and oxygen atoms in total. The Labute approximate surface area is 116 Å². The minimum absolute atomic E-state index is 0.0681. The molecule has 0 amide bonds. The van der Waals surface area contributed by atoms with Crippen LogP contribution in [0, 0.1) is 12.8 Å². The third kappa shape index (κ3) is 2.98. The highest BCUT2D eigenvalue weighted by Crippen LogP contribution is 2.33. The van der Waals surface area contributed by atoms with E-state index in [1.165, 1.54) is 10.4 Å². The fourth-order valence-corrected chi connectivity index (χ4v) is 4.88. The maximum atomic E-state index is 12.5. The summed E-state index contributed by atoms with van der Waals surface area (Å²) in [6, 6.07) is 1.27. The van der Waals surface area contributed by atoms with E-state index in [1.807, 2.05) is 0 Å². The molecule has 0 unspecified atom stereocenters. The van der Waals surface area contributed by atoms with Gasteiger partial charge in [0.05, 0.1) is 4.90 Å². The maximum absolute atomic E-state index is 12.5. The second-order valence-electron chi connectivity index (χ2n) is 4.74. The molecule has 1 aromatic rings. The summed E-state index contributed by atoms with van der Waals surface area (Å²) in [4.78, 5) is 11.7. The van der Waals surface area contributed by atoms with Crippen molar-refractivity contribution in [2.45, 2.75) is 31.6 Å². The quantitative estimate of drug-likeness (QED) is 0.874. The highest BCUT2D eigenvalue weighted by Gasteiger charge is 2.32. The second kappa shape index (κ2) is 5.22. The molecular weight excluding hydrogens is 286 g/mol. The van der Waals surface area contributed by atoms with Gasteiger partial charge in [-0.1, -0.05) is 6.92 Å². The van der Waals surface area contributed by atoms with Gasteiger partial charge < -0.3 is 5.11 Å². The van der Waals surface area contributed by atoms with Crippen LogP contribution in [-0.4, -0.2) is 36.9 Å². The Balaban J connectivity index is 2.33. The van der Waals surface area contributed by atoms with Crippen molar-refractivity contribution in [2.24, 2.45) is 5.92 Å². The van der Waals surface area contributed by atoms with E-state index in [9.17, 15) is 13.2 Å². The highest BCUT2D eigenvalue weighted by atomic mass is 32.2. The van der Waals surface area contributed by atoms with E-state index in [-0.39, 0.29) is 9.77 Å². The van der Waals surface area contributed by atoms with Crippen molar-refractivity contribution in [3.05, 3.63) is 15.8 Å². The topological polar surface area (TPSA) is 74.7 Å². The minimum atomic E-state index is -3.57. The zero-order valence-corrected chi connectivity index (χ0v) is 12.6. The lowest BCUT2D eigenvalue weighted by Crippen LogP contribution is -2.32. The van der Waals surface area contributed by atoms with Gasteiger partial charge in [-0.25, -0.2) is 13.2 Å². The zero-order valence-electron chi connectivity index (χ0n) is 10.9. The van der Waals surface area contributed by atoms with Crippen molar-refractivity contribution in [2.75, 3.05) is 13.1 Å². The number of sulfonamides is 1. The largest absolute Gasteiger partial charge is 0.477 e. The number of hydrogen-bond donors (Lipinski definition) is 1. The van der Waals surface area contributed by atoms with Crippen LogP contribution >= 0.6 is 11.3 Å². The molecule has 19 heavy (non-hydrogen) atoms. The van der Waals surface area contributed by atoms with E-state index < -0.39 is 16.0 Å². The summed E-state index contributed by atoms with van der Waals surface area (Å²) < 4.78 is 26.5. The van der Waals surface area contributed by atoms with E-state index in [4.69, 9.17) is 5.11 Å². The lowest BCUT2D eigenvalue weighted by molar-refractivity contribution is 0.0702. The van der Waals surface area contributed by atoms with Crippen LogP contribution in [0.1, 0.15) is 34.3 Å². The monoisotopic (exact) mass is 303 g/mol. The lowest BCUT2D eigenvalue weighted by Gasteiger charge is -2.20. The summed E-state index contributed by atoms with van der Waals surface area (Å²) >= 11 is 1.01. The number of aromatic carboxylic acids is 1. The van der Waals surface area contributed by atoms with Gasteiger partial charge in [-0.15, -0.1) is 11.3 Å². The van der Waals surface area contributed by atoms with Gasteiger partial charge in [0.15, 0.2) is 0 Å². The molecule has 1 aliphatic carbocycles. The number of carbonyl (C=O) groups is 1. The summed E-state index contributed by atoms with van der Waals surface area (Å²) in [5.74, 6) is -0.618. The number of carboxylic acids is 1. The zero-order chi connectivity index (χ0) is 14.2. The van der Waals surface area contributed by atoms with E-state index >= 15 is 0 Å². The number of aryl methyl sites for hydroxylation is 1. The molecule has 1 saturated carbocycles. The molecule has 0 saturated heterocycles. The summed E-state index contributed by atoms with van der Waals surface area (Å²) in [5, 5.41) is 8.94. The molecule has 0 bridgehead atoms. The molecule has 106 valence electrons. The normalized spacial score (nSPS) is 15.9. The molecule has 1 aromatic heterocycles. The van der Waals surface area contributed by atoms with Gasteiger partial charge >= 0.3 is 5.97 Å². The standard InChI is InChI=1S/C12H17NO4S2/c1-3-13(7-9-4-5-9)19(16,17)11-6-10(12(14)15)18-8(11)2/h6,9H,3-5,7H2,1-2H3,(H,14,15). The van der Waals surface area contributed by atoms with Crippen LogP contribution in [0.2, 0.25) is 0 Å². The first-order chi connectivity index (χ1) is 8.86. The van der Waals surface area contributed by atoms with Crippen LogP contribution in [0.3, 0.4) is 0 Å². The first kappa shape index (κ1) is 14.5. The van der Waals surface area contributed by atoms with Gasteiger partial charge in [0, 0.05) is 18.0 Å². The molecule has 0 atom stereocenters. The first-order valence-electron chi connectivity index (χ1n) is 6.20. The highest BCUT2D eigenvalue weighted by molar-refractivity contribution is 7.89. The van der Waals surface area contributed by atoms with Crippen molar-refractivity contribution in [1.29, 1.82) is 0 Å². The minimum Gasteiger partial charge on any atom is -0.477 e. The summed E-state index contributed by atoms with van der Waals surface area (Å²) in [5.41, 5.74) is 0. The molecule has 1 heterocycles. The van der Waals surface area contributed by atoms with Crippen LogP contribution < -0.4 is 0 Å². The summed E-state index contributed by atoms with van der Waals surface area (Å²) in [6.45, 7) is 4.40. The fourth-order valence-electron chi connectivity index (χ4n) is 1.95. The predicted molar refractivity (Wildman–Crippen MR) is 73.2 cm³/mol. The Morgan fingerprint density at radius 1 is 1.53 bits per heavy atom. The van der Waals surface area contributed by atoms with E-state index in [2.05, 4.69) is 0 Å². The van der Waals surface area contributed by atoms with Crippen LogP contribution in [0.25, 0.3) is 0 Å². The van der Waals surface area contributed by atoms with Gasteiger partial charge in [-0.2, -0.15) is 4.31 Å². The van der Waals surface area contributed by atoms with E-state index in [0.29, 0.717) is 23.9 Å². The summed E-state index contributed by atoms with van der Waals surface area (Å²) in [6.07, 6.45) is 2.16. The van der Waals surface area contributed by atoms with E-state index in [0.717, 1.165) is 24.2 Å². The smallest absolute Gasteiger partial charge is 0.345 e. The molecular formula is C12H17NO4S2. The molecule has 1 fully saturated rings. The SMILES string of the molecule is CCN(CC1CC1)S(=O)(=O)c1cc(C(=O)O)sc1C. The number of carboxylic acid groups (broad SMARTS) is 1. The average molecular weight is 303 g/mol. The lowest BCUT2D eigenvalue weighted by atomic mass is 10.4. The molecule has 0 aliphatic heterocycles. The average Bonchev–Trinajstić information content (AvgIpc) is 3.06. The maximum Gasteiger partial charge on any atom is 0.345 e. The molecule has 1 N–H and O–H groups in total. The van der Waals surface area contributed by atoms with Crippen LogP contribution in [0.5, 0.6) is 0 Å². The predicted octanol–water partition coefficient (Wildman–Crippen LogP) is 2.18. The van der Waals surface area contributed by atoms with Crippen molar-refractivity contribution in [3.8, 4) is 0 Å².